The summed E-state index contributed by atoms with van der Waals surface area (Å²) in [5.41, 5.74) is 0. The molecule has 0 bridgehead atoms. The van der Waals surface area contributed by atoms with Crippen molar-refractivity contribution in [1.29, 1.82) is 0 Å². The van der Waals surface area contributed by atoms with Crippen molar-refractivity contribution in [2.24, 2.45) is 0 Å². The maximum Gasteiger partial charge on any atom is 0.145 e. The Balaban J connectivity index is 2.16. The van der Waals surface area contributed by atoms with Gasteiger partial charge >= 0.3 is 0 Å². The Hall–Kier alpha value is -1.52. The zero-order valence-corrected chi connectivity index (χ0v) is 7.33. The lowest BCUT2D eigenvalue weighted by Crippen LogP contribution is -2.08. The summed E-state index contributed by atoms with van der Waals surface area (Å²) in [5, 5.41) is 19.3. The molecule has 0 saturated heterocycles. The van der Waals surface area contributed by atoms with Crippen LogP contribution in [-0.2, 0) is 0 Å². The molecule has 0 spiro atoms. The van der Waals surface area contributed by atoms with Gasteiger partial charge in [0.15, 0.2) is 0 Å². The number of aliphatic hydroxyl groups excluding tert-OH is 2. The Labute approximate surface area is 80.4 Å². The van der Waals surface area contributed by atoms with Crippen molar-refractivity contribution in [3.05, 3.63) is 48.3 Å². The highest BCUT2D eigenvalue weighted by molar-refractivity contribution is 5.10. The summed E-state index contributed by atoms with van der Waals surface area (Å²) < 4.78 is 9.93. The number of hydrogen-bond acceptors (Lipinski definition) is 4. The normalized spacial score (nSPS) is 15.3. The summed E-state index contributed by atoms with van der Waals surface area (Å²) in [5.74, 6) is 0.628. The average molecular weight is 194 g/mol. The lowest BCUT2D eigenvalue weighted by atomic mass is 10.1. The van der Waals surface area contributed by atoms with Crippen LogP contribution in [0.15, 0.2) is 45.6 Å². The molecule has 0 aliphatic rings. The minimum absolute atomic E-state index is 0.314. The van der Waals surface area contributed by atoms with Crippen molar-refractivity contribution in [3.8, 4) is 0 Å². The Morgan fingerprint density at radius 3 is 1.57 bits per heavy atom. The molecule has 14 heavy (non-hydrogen) atoms. The van der Waals surface area contributed by atoms with E-state index in [0.29, 0.717) is 11.5 Å². The molecule has 0 radical (unpaired) electrons. The smallest absolute Gasteiger partial charge is 0.145 e. The quantitative estimate of drug-likeness (QED) is 0.779. The van der Waals surface area contributed by atoms with E-state index in [2.05, 4.69) is 0 Å². The average Bonchev–Trinajstić information content (AvgIpc) is 2.87. The number of hydrogen-bond donors (Lipinski definition) is 2. The van der Waals surface area contributed by atoms with E-state index < -0.39 is 12.2 Å². The van der Waals surface area contributed by atoms with E-state index >= 15 is 0 Å². The molecule has 2 N–H and O–H groups in total. The first-order chi connectivity index (χ1) is 6.79. The first-order valence-electron chi connectivity index (χ1n) is 4.22. The molecule has 0 aliphatic carbocycles. The maximum absolute atomic E-state index is 9.65. The molecule has 2 aromatic rings. The summed E-state index contributed by atoms with van der Waals surface area (Å²) in [7, 11) is 0. The third-order valence-electron chi connectivity index (χ3n) is 1.97. The maximum atomic E-state index is 9.65. The summed E-state index contributed by atoms with van der Waals surface area (Å²) in [6.45, 7) is 0. The molecule has 2 atom stereocenters. The summed E-state index contributed by atoms with van der Waals surface area (Å²) in [4.78, 5) is 0. The van der Waals surface area contributed by atoms with Crippen LogP contribution in [0, 0.1) is 0 Å². The zero-order valence-electron chi connectivity index (χ0n) is 7.33. The molecule has 4 nitrogen and oxygen atoms in total. The third kappa shape index (κ3) is 1.57. The second-order valence-corrected chi connectivity index (χ2v) is 2.92. The van der Waals surface area contributed by atoms with E-state index in [-0.39, 0.29) is 0 Å². The van der Waals surface area contributed by atoms with Gasteiger partial charge in [0.2, 0.25) is 0 Å². The molecule has 0 amide bonds. The van der Waals surface area contributed by atoms with Crippen molar-refractivity contribution in [2.45, 2.75) is 12.2 Å². The van der Waals surface area contributed by atoms with Crippen LogP contribution in [0.2, 0.25) is 0 Å². The van der Waals surface area contributed by atoms with Gasteiger partial charge in [-0.1, -0.05) is 0 Å². The summed E-state index contributed by atoms with van der Waals surface area (Å²) >= 11 is 0. The highest BCUT2D eigenvalue weighted by Crippen LogP contribution is 2.28. The third-order valence-corrected chi connectivity index (χ3v) is 1.97. The van der Waals surface area contributed by atoms with Gasteiger partial charge in [-0.2, -0.15) is 0 Å². The molecule has 74 valence electrons. The first-order valence-corrected chi connectivity index (χ1v) is 4.22. The van der Waals surface area contributed by atoms with E-state index in [1.165, 1.54) is 12.5 Å². The lowest BCUT2D eigenvalue weighted by Gasteiger charge is -2.12. The second kappa shape index (κ2) is 3.69. The Bertz CT molecular complexity index is 324. The lowest BCUT2D eigenvalue weighted by molar-refractivity contribution is -0.00787. The van der Waals surface area contributed by atoms with Gasteiger partial charge in [0, 0.05) is 0 Å². The van der Waals surface area contributed by atoms with E-state index in [1.807, 2.05) is 0 Å². The predicted molar refractivity (Wildman–Crippen MR) is 47.3 cm³/mol. The van der Waals surface area contributed by atoms with Crippen LogP contribution in [0.25, 0.3) is 0 Å². The van der Waals surface area contributed by atoms with Crippen molar-refractivity contribution in [1.82, 2.24) is 0 Å². The fourth-order valence-corrected chi connectivity index (χ4v) is 1.23. The van der Waals surface area contributed by atoms with Crippen LogP contribution in [0.3, 0.4) is 0 Å². The van der Waals surface area contributed by atoms with Gasteiger partial charge in [-0.3, -0.25) is 0 Å². The van der Waals surface area contributed by atoms with Crippen molar-refractivity contribution in [2.75, 3.05) is 0 Å². The van der Waals surface area contributed by atoms with Crippen molar-refractivity contribution in [3.63, 3.8) is 0 Å². The summed E-state index contributed by atoms with van der Waals surface area (Å²) in [6, 6.07) is 6.48. The van der Waals surface area contributed by atoms with E-state index in [0.717, 1.165) is 0 Å². The second-order valence-electron chi connectivity index (χ2n) is 2.92. The molecule has 4 heteroatoms. The number of aliphatic hydroxyl groups is 2. The van der Waals surface area contributed by atoms with Crippen molar-refractivity contribution >= 4 is 0 Å². The van der Waals surface area contributed by atoms with Gasteiger partial charge in [-0.25, -0.2) is 0 Å². The molecule has 0 aliphatic heterocycles. The highest BCUT2D eigenvalue weighted by atomic mass is 16.4. The van der Waals surface area contributed by atoms with Crippen LogP contribution in [0.4, 0.5) is 0 Å². The van der Waals surface area contributed by atoms with Gasteiger partial charge in [-0.15, -0.1) is 0 Å². The Morgan fingerprint density at radius 1 is 0.857 bits per heavy atom. The fraction of sp³-hybridized carbons (Fsp3) is 0.200. The van der Waals surface area contributed by atoms with Gasteiger partial charge in [-0.05, 0) is 24.3 Å². The molecule has 0 aromatic carbocycles. The molecule has 0 unspecified atom stereocenters. The molecular formula is C10H10O4. The van der Waals surface area contributed by atoms with Gasteiger partial charge in [0.05, 0.1) is 12.5 Å². The van der Waals surface area contributed by atoms with Gasteiger partial charge < -0.3 is 19.0 Å². The molecule has 2 aromatic heterocycles. The van der Waals surface area contributed by atoms with Crippen LogP contribution in [-0.4, -0.2) is 10.2 Å². The molecule has 0 saturated carbocycles. The molecular weight excluding hydrogens is 184 g/mol. The van der Waals surface area contributed by atoms with Crippen molar-refractivity contribution < 1.29 is 19.0 Å². The molecule has 2 rings (SSSR count). The standard InChI is InChI=1S/C10H10O4/c11-9(7-3-1-5-13-7)10(12)8-4-2-6-14-8/h1-6,9-12H/t9-,10-/m1/s1. The highest BCUT2D eigenvalue weighted by Gasteiger charge is 2.24. The molecule has 2 heterocycles. The van der Waals surface area contributed by atoms with E-state index in [1.54, 1.807) is 24.3 Å². The zero-order chi connectivity index (χ0) is 9.97. The number of rotatable bonds is 3. The van der Waals surface area contributed by atoms with Crippen LogP contribution in [0.1, 0.15) is 23.7 Å². The van der Waals surface area contributed by atoms with E-state index in [9.17, 15) is 10.2 Å². The number of furan rings is 2. The fourth-order valence-electron chi connectivity index (χ4n) is 1.23. The first kappa shape index (κ1) is 9.05. The van der Waals surface area contributed by atoms with Crippen LogP contribution < -0.4 is 0 Å². The van der Waals surface area contributed by atoms with Gasteiger partial charge in [0.1, 0.15) is 23.7 Å². The predicted octanol–water partition coefficient (Wildman–Crippen LogP) is 1.64. The minimum atomic E-state index is -1.10. The van der Waals surface area contributed by atoms with E-state index in [4.69, 9.17) is 8.83 Å². The monoisotopic (exact) mass is 194 g/mol. The Morgan fingerprint density at radius 2 is 1.29 bits per heavy atom. The summed E-state index contributed by atoms with van der Waals surface area (Å²) in [6.07, 6.45) is 0.674. The SMILES string of the molecule is O[C@H](c1ccco1)[C@H](O)c1ccco1. The molecule has 0 fully saturated rings. The minimum Gasteiger partial charge on any atom is -0.466 e. The topological polar surface area (TPSA) is 66.7 Å². The van der Waals surface area contributed by atoms with Gasteiger partial charge in [0.25, 0.3) is 0 Å². The largest absolute Gasteiger partial charge is 0.466 e. The van der Waals surface area contributed by atoms with Crippen LogP contribution in [0.5, 0.6) is 0 Å². The van der Waals surface area contributed by atoms with Crippen LogP contribution >= 0.6 is 0 Å². The Kier molecular flexibility index (Phi) is 2.39.